The highest BCUT2D eigenvalue weighted by molar-refractivity contribution is 5.75. The van der Waals surface area contributed by atoms with Crippen molar-refractivity contribution in [2.24, 2.45) is 5.41 Å². The number of carbonyl (C=O) groups excluding carboxylic acids is 1. The normalized spacial score (nSPS) is 12.2. The van der Waals surface area contributed by atoms with Crippen molar-refractivity contribution in [2.75, 3.05) is 6.54 Å². The van der Waals surface area contributed by atoms with Gasteiger partial charge < -0.3 is 10.2 Å². The molecule has 0 atom stereocenters. The minimum atomic E-state index is -0.0556. The fraction of sp³-hybridized carbons (Fsp3) is 0.471. The summed E-state index contributed by atoms with van der Waals surface area (Å²) in [6.45, 7) is 11.7. The fourth-order valence-corrected chi connectivity index (χ4v) is 1.61. The summed E-state index contributed by atoms with van der Waals surface area (Å²) in [5.41, 5.74) is 2.37. The molecule has 0 bridgehead atoms. The Kier molecular flexibility index (Phi) is 5.81. The van der Waals surface area contributed by atoms with E-state index in [2.05, 4.69) is 26.1 Å². The van der Waals surface area contributed by atoms with Crippen LogP contribution in [0.4, 0.5) is 4.79 Å². The second-order valence-corrected chi connectivity index (χ2v) is 6.03. The predicted octanol–water partition coefficient (Wildman–Crippen LogP) is 4.17. The summed E-state index contributed by atoms with van der Waals surface area (Å²) in [5.74, 6) is 0. The van der Waals surface area contributed by atoms with Gasteiger partial charge in [-0.2, -0.15) is 0 Å². The SMILES string of the molecule is CCN(Cc1ccccc1)C(=O)N/C=C(\C)C(C)(C)C. The van der Waals surface area contributed by atoms with Crippen LogP contribution >= 0.6 is 0 Å². The van der Waals surface area contributed by atoms with Crippen LogP contribution in [-0.2, 0) is 6.54 Å². The molecule has 0 aliphatic rings. The first-order valence-corrected chi connectivity index (χ1v) is 7.11. The van der Waals surface area contributed by atoms with E-state index in [4.69, 9.17) is 0 Å². The van der Waals surface area contributed by atoms with Gasteiger partial charge in [-0.15, -0.1) is 0 Å². The van der Waals surface area contributed by atoms with E-state index in [9.17, 15) is 4.79 Å². The van der Waals surface area contributed by atoms with E-state index in [0.29, 0.717) is 13.1 Å². The standard InChI is InChI=1S/C17H26N2O/c1-6-19(13-15-10-8-7-9-11-15)16(20)18-12-14(2)17(3,4)5/h7-12H,6,13H2,1-5H3,(H,18,20)/b14-12+. The van der Waals surface area contributed by atoms with E-state index in [1.54, 1.807) is 4.90 Å². The van der Waals surface area contributed by atoms with Crippen LogP contribution in [0.5, 0.6) is 0 Å². The van der Waals surface area contributed by atoms with E-state index in [1.807, 2.05) is 50.4 Å². The Morgan fingerprint density at radius 3 is 2.35 bits per heavy atom. The summed E-state index contributed by atoms with van der Waals surface area (Å²) in [7, 11) is 0. The van der Waals surface area contributed by atoms with Crippen LogP contribution in [0.2, 0.25) is 0 Å². The van der Waals surface area contributed by atoms with E-state index in [-0.39, 0.29) is 11.4 Å². The predicted molar refractivity (Wildman–Crippen MR) is 84.3 cm³/mol. The van der Waals surface area contributed by atoms with Crippen molar-refractivity contribution < 1.29 is 4.79 Å². The second-order valence-electron chi connectivity index (χ2n) is 6.03. The lowest BCUT2D eigenvalue weighted by molar-refractivity contribution is 0.202. The Hall–Kier alpha value is -1.77. The van der Waals surface area contributed by atoms with Crippen molar-refractivity contribution in [3.05, 3.63) is 47.7 Å². The number of rotatable bonds is 4. The average Bonchev–Trinajstić information content (AvgIpc) is 2.41. The zero-order valence-corrected chi connectivity index (χ0v) is 13.2. The highest BCUT2D eigenvalue weighted by atomic mass is 16.2. The summed E-state index contributed by atoms with van der Waals surface area (Å²) >= 11 is 0. The molecule has 0 aliphatic heterocycles. The fourth-order valence-electron chi connectivity index (χ4n) is 1.61. The molecule has 3 heteroatoms. The van der Waals surface area contributed by atoms with Crippen molar-refractivity contribution in [2.45, 2.75) is 41.2 Å². The van der Waals surface area contributed by atoms with Crippen molar-refractivity contribution >= 4 is 6.03 Å². The number of nitrogens with one attached hydrogen (secondary N) is 1. The quantitative estimate of drug-likeness (QED) is 0.878. The lowest BCUT2D eigenvalue weighted by Gasteiger charge is -2.23. The Bertz CT molecular complexity index is 458. The first-order chi connectivity index (χ1) is 9.34. The number of carbonyl (C=O) groups is 1. The number of benzene rings is 1. The minimum absolute atomic E-state index is 0.0556. The molecule has 110 valence electrons. The number of urea groups is 1. The van der Waals surface area contributed by atoms with E-state index >= 15 is 0 Å². The molecule has 0 aliphatic carbocycles. The van der Waals surface area contributed by atoms with Crippen LogP contribution < -0.4 is 5.32 Å². The average molecular weight is 274 g/mol. The highest BCUT2D eigenvalue weighted by Crippen LogP contribution is 2.23. The van der Waals surface area contributed by atoms with Crippen LogP contribution in [0.3, 0.4) is 0 Å². The maximum atomic E-state index is 12.2. The van der Waals surface area contributed by atoms with Gasteiger partial charge in [-0.3, -0.25) is 0 Å². The Morgan fingerprint density at radius 2 is 1.85 bits per heavy atom. The van der Waals surface area contributed by atoms with Gasteiger partial charge in [0.15, 0.2) is 0 Å². The summed E-state index contributed by atoms with van der Waals surface area (Å²) in [6, 6.07) is 9.98. The number of nitrogens with zero attached hydrogens (tertiary/aromatic N) is 1. The molecule has 0 spiro atoms. The Labute approximate surface area is 122 Å². The maximum absolute atomic E-state index is 12.2. The maximum Gasteiger partial charge on any atom is 0.321 e. The molecule has 0 saturated carbocycles. The summed E-state index contributed by atoms with van der Waals surface area (Å²) in [6.07, 6.45) is 1.82. The molecule has 0 heterocycles. The van der Waals surface area contributed by atoms with Crippen molar-refractivity contribution in [3.63, 3.8) is 0 Å². The monoisotopic (exact) mass is 274 g/mol. The molecule has 3 nitrogen and oxygen atoms in total. The number of hydrogen-bond acceptors (Lipinski definition) is 1. The lowest BCUT2D eigenvalue weighted by Crippen LogP contribution is -2.37. The van der Waals surface area contributed by atoms with Gasteiger partial charge in [0.25, 0.3) is 0 Å². The van der Waals surface area contributed by atoms with Crippen LogP contribution in [-0.4, -0.2) is 17.5 Å². The third kappa shape index (κ3) is 5.08. The molecule has 0 aromatic heterocycles. The third-order valence-corrected chi connectivity index (χ3v) is 3.48. The topological polar surface area (TPSA) is 32.3 Å². The second kappa shape index (κ2) is 7.13. The van der Waals surface area contributed by atoms with Gasteiger partial charge >= 0.3 is 6.03 Å². The zero-order valence-electron chi connectivity index (χ0n) is 13.2. The smallest absolute Gasteiger partial charge is 0.321 e. The third-order valence-electron chi connectivity index (χ3n) is 3.48. The molecule has 0 saturated heterocycles. The van der Waals surface area contributed by atoms with Gasteiger partial charge in [0.2, 0.25) is 0 Å². The van der Waals surface area contributed by atoms with Crippen molar-refractivity contribution in [1.82, 2.24) is 10.2 Å². The highest BCUT2D eigenvalue weighted by Gasteiger charge is 2.14. The van der Waals surface area contributed by atoms with E-state index in [0.717, 1.165) is 11.1 Å². The van der Waals surface area contributed by atoms with Crippen LogP contribution in [0, 0.1) is 5.41 Å². The summed E-state index contributed by atoms with van der Waals surface area (Å²) in [4.78, 5) is 14.0. The molecular formula is C17H26N2O. The van der Waals surface area contributed by atoms with Gasteiger partial charge in [-0.1, -0.05) is 56.7 Å². The molecule has 20 heavy (non-hydrogen) atoms. The summed E-state index contributed by atoms with van der Waals surface area (Å²) < 4.78 is 0. The summed E-state index contributed by atoms with van der Waals surface area (Å²) in [5, 5.41) is 2.89. The largest absolute Gasteiger partial charge is 0.321 e. The van der Waals surface area contributed by atoms with Crippen LogP contribution in [0.25, 0.3) is 0 Å². The number of allylic oxidation sites excluding steroid dienone is 1. The van der Waals surface area contributed by atoms with Gasteiger partial charge in [-0.05, 0) is 24.8 Å². The van der Waals surface area contributed by atoms with E-state index < -0.39 is 0 Å². The molecule has 1 rings (SSSR count). The Balaban J connectivity index is 2.64. The molecule has 1 N–H and O–H groups in total. The molecule has 0 fully saturated rings. The molecule has 1 aromatic rings. The Morgan fingerprint density at radius 1 is 1.25 bits per heavy atom. The number of hydrogen-bond donors (Lipinski definition) is 1. The molecule has 1 aromatic carbocycles. The molecule has 2 amide bonds. The minimum Gasteiger partial charge on any atom is -0.321 e. The zero-order chi connectivity index (χ0) is 15.2. The van der Waals surface area contributed by atoms with Gasteiger partial charge in [0.05, 0.1) is 0 Å². The van der Waals surface area contributed by atoms with Gasteiger partial charge in [0.1, 0.15) is 0 Å². The van der Waals surface area contributed by atoms with E-state index in [1.165, 1.54) is 0 Å². The van der Waals surface area contributed by atoms with Crippen LogP contribution in [0.1, 0.15) is 40.2 Å². The number of amides is 2. The first kappa shape index (κ1) is 16.3. The molecular weight excluding hydrogens is 248 g/mol. The molecule has 0 unspecified atom stereocenters. The van der Waals surface area contributed by atoms with Crippen molar-refractivity contribution in [3.8, 4) is 0 Å². The molecule has 0 radical (unpaired) electrons. The van der Waals surface area contributed by atoms with Crippen molar-refractivity contribution in [1.29, 1.82) is 0 Å². The van der Waals surface area contributed by atoms with Gasteiger partial charge in [-0.25, -0.2) is 4.79 Å². The van der Waals surface area contributed by atoms with Gasteiger partial charge in [0, 0.05) is 19.3 Å². The first-order valence-electron chi connectivity index (χ1n) is 7.11. The van der Waals surface area contributed by atoms with Crippen LogP contribution in [0.15, 0.2) is 42.1 Å². The lowest BCUT2D eigenvalue weighted by atomic mass is 9.88.